The highest BCUT2D eigenvalue weighted by molar-refractivity contribution is 7.86. The summed E-state index contributed by atoms with van der Waals surface area (Å²) in [7, 11) is -4.67. The standard InChI is InChI=1S/C9H11FN4O4S/c10-19(17,18)3-5-1-6(15)14(2-5)7-8(11)12-4-13-9(7)16/h4-5H,1-3H2,(H3,11,12,13,16). The van der Waals surface area contributed by atoms with E-state index in [-0.39, 0.29) is 24.5 Å². The van der Waals surface area contributed by atoms with E-state index in [9.17, 15) is 21.9 Å². The van der Waals surface area contributed by atoms with Crippen molar-refractivity contribution in [2.24, 2.45) is 5.92 Å². The van der Waals surface area contributed by atoms with Crippen LogP contribution in [0.4, 0.5) is 15.4 Å². The van der Waals surface area contributed by atoms with Crippen LogP contribution in [0.15, 0.2) is 11.1 Å². The highest BCUT2D eigenvalue weighted by Gasteiger charge is 2.35. The fourth-order valence-electron chi connectivity index (χ4n) is 2.06. The molecule has 2 heterocycles. The molecular formula is C9H11FN4O4S. The number of halogens is 1. The number of anilines is 2. The molecule has 0 aliphatic carbocycles. The van der Waals surface area contributed by atoms with Crippen molar-refractivity contribution in [1.82, 2.24) is 9.97 Å². The van der Waals surface area contributed by atoms with Crippen LogP contribution in [0.3, 0.4) is 0 Å². The van der Waals surface area contributed by atoms with E-state index in [1.54, 1.807) is 0 Å². The summed E-state index contributed by atoms with van der Waals surface area (Å²) in [4.78, 5) is 30.3. The highest BCUT2D eigenvalue weighted by atomic mass is 32.3. The normalized spacial score (nSPS) is 19.9. The van der Waals surface area contributed by atoms with Crippen LogP contribution in [0, 0.1) is 5.92 Å². The van der Waals surface area contributed by atoms with Crippen LogP contribution in [0.5, 0.6) is 0 Å². The predicted molar refractivity (Wildman–Crippen MR) is 64.6 cm³/mol. The molecule has 8 nitrogen and oxygen atoms in total. The Hall–Kier alpha value is -1.97. The lowest BCUT2D eigenvalue weighted by Gasteiger charge is -2.16. The maximum Gasteiger partial charge on any atom is 0.302 e. The van der Waals surface area contributed by atoms with E-state index < -0.39 is 33.4 Å². The molecule has 19 heavy (non-hydrogen) atoms. The van der Waals surface area contributed by atoms with Gasteiger partial charge in [-0.3, -0.25) is 9.59 Å². The molecule has 1 aromatic heterocycles. The molecule has 2 rings (SSSR count). The van der Waals surface area contributed by atoms with E-state index in [0.29, 0.717) is 0 Å². The molecular weight excluding hydrogens is 279 g/mol. The summed E-state index contributed by atoms with van der Waals surface area (Å²) in [6.07, 6.45) is 0.933. The van der Waals surface area contributed by atoms with Crippen LogP contribution in [-0.4, -0.2) is 36.6 Å². The molecule has 1 unspecified atom stereocenters. The average molecular weight is 290 g/mol. The van der Waals surface area contributed by atoms with Crippen LogP contribution in [-0.2, 0) is 15.0 Å². The lowest BCUT2D eigenvalue weighted by atomic mass is 10.1. The van der Waals surface area contributed by atoms with Crippen LogP contribution in [0.2, 0.25) is 0 Å². The minimum absolute atomic E-state index is 0.0824. The number of aromatic nitrogens is 2. The Kier molecular flexibility index (Phi) is 3.27. The van der Waals surface area contributed by atoms with Gasteiger partial charge in [-0.15, -0.1) is 3.89 Å². The number of carbonyl (C=O) groups excluding carboxylic acids is 1. The largest absolute Gasteiger partial charge is 0.382 e. The molecule has 0 radical (unpaired) electrons. The summed E-state index contributed by atoms with van der Waals surface area (Å²) in [5.74, 6) is -2.09. The average Bonchev–Trinajstić information content (AvgIpc) is 2.56. The number of amides is 1. The van der Waals surface area contributed by atoms with E-state index in [2.05, 4.69) is 9.97 Å². The number of aromatic amines is 1. The van der Waals surface area contributed by atoms with Gasteiger partial charge in [-0.1, -0.05) is 0 Å². The van der Waals surface area contributed by atoms with Gasteiger partial charge in [-0.05, 0) is 0 Å². The summed E-state index contributed by atoms with van der Waals surface area (Å²) >= 11 is 0. The zero-order valence-corrected chi connectivity index (χ0v) is 10.5. The van der Waals surface area contributed by atoms with Crippen LogP contribution >= 0.6 is 0 Å². The SMILES string of the molecule is Nc1nc[nH]c(=O)c1N1CC(CS(=O)(=O)F)CC1=O. The summed E-state index contributed by atoms with van der Waals surface area (Å²) in [6, 6.07) is 0. The van der Waals surface area contributed by atoms with Crippen molar-refractivity contribution in [3.05, 3.63) is 16.7 Å². The lowest BCUT2D eigenvalue weighted by Crippen LogP contribution is -2.32. The Balaban J connectivity index is 2.28. The van der Waals surface area contributed by atoms with Crippen molar-refractivity contribution in [3.8, 4) is 0 Å². The predicted octanol–water partition coefficient (Wildman–Crippen LogP) is -0.996. The number of H-pyrrole nitrogens is 1. The number of carbonyl (C=O) groups is 1. The van der Waals surface area contributed by atoms with Crippen molar-refractivity contribution in [3.63, 3.8) is 0 Å². The van der Waals surface area contributed by atoms with Gasteiger partial charge >= 0.3 is 10.2 Å². The molecule has 1 aromatic rings. The molecule has 1 saturated heterocycles. The molecule has 0 aromatic carbocycles. The zero-order valence-electron chi connectivity index (χ0n) is 9.67. The van der Waals surface area contributed by atoms with Gasteiger partial charge in [0, 0.05) is 18.9 Å². The Labute approximate surface area is 107 Å². The fraction of sp³-hybridized carbons (Fsp3) is 0.444. The van der Waals surface area contributed by atoms with E-state index in [1.807, 2.05) is 0 Å². The smallest absolute Gasteiger partial charge is 0.302 e. The third kappa shape index (κ3) is 2.89. The second-order valence-corrected chi connectivity index (χ2v) is 5.66. The topological polar surface area (TPSA) is 126 Å². The van der Waals surface area contributed by atoms with Crippen molar-refractivity contribution >= 4 is 27.6 Å². The quantitative estimate of drug-likeness (QED) is 0.688. The Morgan fingerprint density at radius 1 is 1.53 bits per heavy atom. The fourth-order valence-corrected chi connectivity index (χ4v) is 2.84. The van der Waals surface area contributed by atoms with E-state index in [1.165, 1.54) is 0 Å². The maximum absolute atomic E-state index is 12.6. The monoisotopic (exact) mass is 290 g/mol. The summed E-state index contributed by atoms with van der Waals surface area (Å²) < 4.78 is 33.7. The Morgan fingerprint density at radius 3 is 2.79 bits per heavy atom. The van der Waals surface area contributed by atoms with Gasteiger partial charge < -0.3 is 15.6 Å². The third-order valence-electron chi connectivity index (χ3n) is 2.77. The molecule has 104 valence electrons. The summed E-state index contributed by atoms with van der Waals surface area (Å²) in [5.41, 5.74) is 4.78. The first kappa shape index (κ1) is 13.5. The zero-order chi connectivity index (χ0) is 14.2. The van der Waals surface area contributed by atoms with Gasteiger partial charge in [0.25, 0.3) is 5.56 Å². The van der Waals surface area contributed by atoms with Crippen molar-refractivity contribution in [1.29, 1.82) is 0 Å². The number of nitrogens with one attached hydrogen (secondary N) is 1. The molecule has 0 saturated carbocycles. The number of hydrogen-bond donors (Lipinski definition) is 2. The van der Waals surface area contributed by atoms with Gasteiger partial charge in [-0.2, -0.15) is 8.42 Å². The minimum atomic E-state index is -4.67. The number of hydrogen-bond acceptors (Lipinski definition) is 6. The highest BCUT2D eigenvalue weighted by Crippen LogP contribution is 2.26. The molecule has 0 bridgehead atoms. The summed E-state index contributed by atoms with van der Waals surface area (Å²) in [6.45, 7) is -0.0824. The van der Waals surface area contributed by atoms with Crippen LogP contribution in [0.1, 0.15) is 6.42 Å². The van der Waals surface area contributed by atoms with Crippen molar-refractivity contribution in [2.45, 2.75) is 6.42 Å². The van der Waals surface area contributed by atoms with E-state index >= 15 is 0 Å². The second kappa shape index (κ2) is 4.61. The Bertz CT molecular complexity index is 671. The molecule has 1 fully saturated rings. The van der Waals surface area contributed by atoms with Gasteiger partial charge in [0.1, 0.15) is 0 Å². The van der Waals surface area contributed by atoms with Crippen molar-refractivity contribution in [2.75, 3.05) is 22.9 Å². The maximum atomic E-state index is 12.6. The van der Waals surface area contributed by atoms with Crippen LogP contribution in [0.25, 0.3) is 0 Å². The number of nitrogen functional groups attached to an aromatic ring is 1. The second-order valence-electron chi connectivity index (χ2n) is 4.25. The van der Waals surface area contributed by atoms with Gasteiger partial charge in [0.15, 0.2) is 11.5 Å². The number of rotatable bonds is 3. The molecule has 1 atom stereocenters. The first-order valence-corrected chi connectivity index (χ1v) is 6.89. The molecule has 1 aliphatic heterocycles. The van der Waals surface area contributed by atoms with E-state index in [4.69, 9.17) is 5.73 Å². The molecule has 1 aliphatic rings. The molecule has 3 N–H and O–H groups in total. The molecule has 1 amide bonds. The van der Waals surface area contributed by atoms with Gasteiger partial charge in [0.2, 0.25) is 5.91 Å². The lowest BCUT2D eigenvalue weighted by molar-refractivity contribution is -0.117. The van der Waals surface area contributed by atoms with Crippen molar-refractivity contribution < 1.29 is 17.1 Å². The number of nitrogens with zero attached hydrogens (tertiary/aromatic N) is 2. The third-order valence-corrected chi connectivity index (χ3v) is 3.64. The Morgan fingerprint density at radius 2 is 2.21 bits per heavy atom. The molecule has 10 heteroatoms. The van der Waals surface area contributed by atoms with Crippen LogP contribution < -0.4 is 16.2 Å². The number of nitrogens with two attached hydrogens (primary N) is 1. The van der Waals surface area contributed by atoms with E-state index in [0.717, 1.165) is 11.2 Å². The van der Waals surface area contributed by atoms with Gasteiger partial charge in [0.05, 0.1) is 12.1 Å². The van der Waals surface area contributed by atoms with Gasteiger partial charge in [-0.25, -0.2) is 4.98 Å². The minimum Gasteiger partial charge on any atom is -0.382 e. The molecule has 0 spiro atoms. The summed E-state index contributed by atoms with van der Waals surface area (Å²) in [5, 5.41) is 0. The first-order valence-electron chi connectivity index (χ1n) is 5.34. The first-order chi connectivity index (χ1) is 8.78.